The van der Waals surface area contributed by atoms with Crippen molar-refractivity contribution in [1.29, 1.82) is 5.26 Å². The third-order valence-corrected chi connectivity index (χ3v) is 2.07. The second kappa shape index (κ2) is 5.17. The molecule has 0 saturated carbocycles. The summed E-state index contributed by atoms with van der Waals surface area (Å²) in [6.45, 7) is 0. The van der Waals surface area contributed by atoms with E-state index in [1.807, 2.05) is 0 Å². The van der Waals surface area contributed by atoms with Gasteiger partial charge in [-0.3, -0.25) is 0 Å². The minimum Gasteiger partial charge on any atom is -0.465 e. The molecule has 1 rings (SSSR count). The van der Waals surface area contributed by atoms with Crippen LogP contribution < -0.4 is 0 Å². The molecule has 1 aromatic heterocycles. The van der Waals surface area contributed by atoms with Gasteiger partial charge in [-0.1, -0.05) is 0 Å². The number of halogens is 5. The molecule has 0 bridgehead atoms. The first-order chi connectivity index (χ1) is 8.72. The monoisotopic (exact) mass is 280 g/mol. The fraction of sp³-hybridized carbons (Fsp3) is 0.300. The Morgan fingerprint density at radius 2 is 2.05 bits per heavy atom. The van der Waals surface area contributed by atoms with Crippen LogP contribution in [0, 0.1) is 11.3 Å². The normalized spacial score (nSPS) is 11.3. The van der Waals surface area contributed by atoms with Gasteiger partial charge in [-0.15, -0.1) is 0 Å². The lowest BCUT2D eigenvalue weighted by Gasteiger charge is -2.12. The Labute approximate surface area is 103 Å². The summed E-state index contributed by atoms with van der Waals surface area (Å²) >= 11 is 0. The highest BCUT2D eigenvalue weighted by Gasteiger charge is 2.39. The number of hydrogen-bond donors (Lipinski definition) is 0. The Balaban J connectivity index is 3.64. The van der Waals surface area contributed by atoms with Gasteiger partial charge >= 0.3 is 12.1 Å². The number of carbonyl (C=O) groups is 1. The molecule has 4 nitrogen and oxygen atoms in total. The van der Waals surface area contributed by atoms with Crippen molar-refractivity contribution in [2.24, 2.45) is 0 Å². The topological polar surface area (TPSA) is 63.0 Å². The van der Waals surface area contributed by atoms with Crippen LogP contribution in [0.25, 0.3) is 0 Å². The SMILES string of the molecule is COC(=O)c1cc(C(F)F)c(C#N)nc1C(F)(F)F. The molecule has 0 N–H and O–H groups in total. The number of alkyl halides is 5. The van der Waals surface area contributed by atoms with Crippen molar-refractivity contribution in [2.45, 2.75) is 12.6 Å². The molecule has 0 amide bonds. The number of hydrogen-bond acceptors (Lipinski definition) is 4. The van der Waals surface area contributed by atoms with Crippen LogP contribution in [0.5, 0.6) is 0 Å². The van der Waals surface area contributed by atoms with Gasteiger partial charge in [-0.25, -0.2) is 18.6 Å². The van der Waals surface area contributed by atoms with E-state index in [9.17, 15) is 26.7 Å². The van der Waals surface area contributed by atoms with Crippen molar-refractivity contribution in [3.63, 3.8) is 0 Å². The average molecular weight is 280 g/mol. The van der Waals surface area contributed by atoms with E-state index in [2.05, 4.69) is 9.72 Å². The molecule has 1 heterocycles. The fourth-order valence-electron chi connectivity index (χ4n) is 1.27. The molecule has 1 aromatic rings. The van der Waals surface area contributed by atoms with Gasteiger partial charge in [-0.2, -0.15) is 18.4 Å². The maximum Gasteiger partial charge on any atom is 0.434 e. The molecule has 0 aliphatic carbocycles. The summed E-state index contributed by atoms with van der Waals surface area (Å²) < 4.78 is 67.1. The zero-order valence-corrected chi connectivity index (χ0v) is 9.26. The quantitative estimate of drug-likeness (QED) is 0.617. The molecule has 9 heteroatoms. The highest BCUT2D eigenvalue weighted by atomic mass is 19.4. The van der Waals surface area contributed by atoms with Crippen LogP contribution in [0.2, 0.25) is 0 Å². The van der Waals surface area contributed by atoms with Crippen molar-refractivity contribution >= 4 is 5.97 Å². The molecule has 0 aromatic carbocycles. The van der Waals surface area contributed by atoms with E-state index in [0.29, 0.717) is 0 Å². The van der Waals surface area contributed by atoms with Crippen molar-refractivity contribution in [2.75, 3.05) is 7.11 Å². The van der Waals surface area contributed by atoms with Crippen molar-refractivity contribution in [3.05, 3.63) is 28.6 Å². The number of rotatable bonds is 2. The maximum atomic E-state index is 12.6. The molecule has 0 spiro atoms. The Morgan fingerprint density at radius 3 is 2.42 bits per heavy atom. The van der Waals surface area contributed by atoms with Gasteiger partial charge in [0.15, 0.2) is 5.69 Å². The Bertz CT molecular complexity index is 548. The lowest BCUT2D eigenvalue weighted by atomic mass is 10.1. The lowest BCUT2D eigenvalue weighted by molar-refractivity contribution is -0.141. The van der Waals surface area contributed by atoms with Gasteiger partial charge in [0.1, 0.15) is 11.8 Å². The second-order valence-electron chi connectivity index (χ2n) is 3.22. The fourth-order valence-corrected chi connectivity index (χ4v) is 1.27. The van der Waals surface area contributed by atoms with Crippen molar-refractivity contribution in [3.8, 4) is 6.07 Å². The molecule has 19 heavy (non-hydrogen) atoms. The van der Waals surface area contributed by atoms with Gasteiger partial charge < -0.3 is 4.74 Å². The van der Waals surface area contributed by atoms with Gasteiger partial charge in [0.2, 0.25) is 0 Å². The Morgan fingerprint density at radius 1 is 1.47 bits per heavy atom. The van der Waals surface area contributed by atoms with E-state index >= 15 is 0 Å². The number of nitrogens with zero attached hydrogens (tertiary/aromatic N) is 2. The molecule has 0 fully saturated rings. The summed E-state index contributed by atoms with van der Waals surface area (Å²) in [5.74, 6) is -1.47. The number of pyridine rings is 1. The molecule has 0 aliphatic heterocycles. The van der Waals surface area contributed by atoms with Crippen molar-refractivity contribution in [1.82, 2.24) is 4.98 Å². The molecule has 102 valence electrons. The van der Waals surface area contributed by atoms with Gasteiger partial charge in [0.05, 0.1) is 18.2 Å². The van der Waals surface area contributed by atoms with Gasteiger partial charge in [-0.05, 0) is 6.07 Å². The van der Waals surface area contributed by atoms with E-state index in [1.54, 1.807) is 0 Å². The molecular weight excluding hydrogens is 275 g/mol. The van der Waals surface area contributed by atoms with E-state index < -0.39 is 41.1 Å². The van der Waals surface area contributed by atoms with E-state index in [1.165, 1.54) is 0 Å². The molecule has 0 radical (unpaired) electrons. The van der Waals surface area contributed by atoms with Crippen LogP contribution in [0.3, 0.4) is 0 Å². The lowest BCUT2D eigenvalue weighted by Crippen LogP contribution is -2.18. The standard InChI is InChI=1S/C10H5F5N2O2/c1-19-9(18)5-2-4(8(11)12)6(3-16)17-7(5)10(13,14)15/h2,8H,1H3. The second-order valence-corrected chi connectivity index (χ2v) is 3.22. The van der Waals surface area contributed by atoms with E-state index in [0.717, 1.165) is 13.2 Å². The smallest absolute Gasteiger partial charge is 0.434 e. The minimum atomic E-state index is -5.07. The number of aromatic nitrogens is 1. The summed E-state index contributed by atoms with van der Waals surface area (Å²) in [6.07, 6.45) is -8.32. The first kappa shape index (κ1) is 14.8. The summed E-state index contributed by atoms with van der Waals surface area (Å²) in [5, 5.41) is 8.51. The summed E-state index contributed by atoms with van der Waals surface area (Å²) in [6, 6.07) is 1.40. The third-order valence-electron chi connectivity index (χ3n) is 2.07. The maximum absolute atomic E-state index is 12.6. The summed E-state index contributed by atoms with van der Waals surface area (Å²) in [4.78, 5) is 14.0. The molecule has 0 unspecified atom stereocenters. The number of carbonyl (C=O) groups excluding carboxylic acids is 1. The van der Waals surface area contributed by atoms with E-state index in [4.69, 9.17) is 5.26 Å². The number of methoxy groups -OCH3 is 1. The number of ether oxygens (including phenoxy) is 1. The predicted octanol–water partition coefficient (Wildman–Crippen LogP) is 2.70. The van der Waals surface area contributed by atoms with Crippen LogP contribution in [0.4, 0.5) is 22.0 Å². The Hall–Kier alpha value is -2.24. The highest BCUT2D eigenvalue weighted by Crippen LogP contribution is 2.33. The molecule has 0 saturated heterocycles. The van der Waals surface area contributed by atoms with Crippen LogP contribution in [-0.4, -0.2) is 18.1 Å². The average Bonchev–Trinajstić information content (AvgIpc) is 2.34. The first-order valence-electron chi connectivity index (χ1n) is 4.61. The highest BCUT2D eigenvalue weighted by molar-refractivity contribution is 5.91. The molecule has 0 aliphatic rings. The molecule has 0 atom stereocenters. The zero-order valence-electron chi connectivity index (χ0n) is 9.26. The minimum absolute atomic E-state index is 0.269. The van der Waals surface area contributed by atoms with Crippen molar-refractivity contribution < 1.29 is 31.5 Å². The third kappa shape index (κ3) is 2.96. The number of nitriles is 1. The van der Waals surface area contributed by atoms with Gasteiger partial charge in [0, 0.05) is 0 Å². The van der Waals surface area contributed by atoms with Crippen LogP contribution in [0.1, 0.15) is 33.7 Å². The number of esters is 1. The summed E-state index contributed by atoms with van der Waals surface area (Å²) in [7, 11) is 0.794. The predicted molar refractivity (Wildman–Crippen MR) is 50.3 cm³/mol. The zero-order chi connectivity index (χ0) is 14.8. The largest absolute Gasteiger partial charge is 0.465 e. The van der Waals surface area contributed by atoms with Crippen LogP contribution in [0.15, 0.2) is 6.07 Å². The Kier molecular flexibility index (Phi) is 4.04. The van der Waals surface area contributed by atoms with Gasteiger partial charge in [0.25, 0.3) is 6.43 Å². The first-order valence-corrected chi connectivity index (χ1v) is 4.61. The van der Waals surface area contributed by atoms with Crippen LogP contribution >= 0.6 is 0 Å². The summed E-state index contributed by atoms with van der Waals surface area (Å²) in [5.41, 5.74) is -5.05. The molecular formula is C10H5F5N2O2. The van der Waals surface area contributed by atoms with Crippen LogP contribution in [-0.2, 0) is 10.9 Å². The van der Waals surface area contributed by atoms with E-state index in [-0.39, 0.29) is 6.07 Å².